The van der Waals surface area contributed by atoms with Crippen LogP contribution in [-0.4, -0.2) is 18.6 Å². The van der Waals surface area contributed by atoms with Crippen molar-refractivity contribution in [2.75, 3.05) is 13.7 Å². The zero-order valence-corrected chi connectivity index (χ0v) is 10.5. The molecule has 98 valence electrons. The summed E-state index contributed by atoms with van der Waals surface area (Å²) in [6, 6.07) is 5.20. The summed E-state index contributed by atoms with van der Waals surface area (Å²) in [5, 5.41) is 11.0. The fourth-order valence-electron chi connectivity index (χ4n) is 2.82. The number of nitrogens with two attached hydrogens (primary N) is 1. The minimum absolute atomic E-state index is 0.0229. The predicted molar refractivity (Wildman–Crippen MR) is 68.8 cm³/mol. The van der Waals surface area contributed by atoms with Crippen molar-refractivity contribution in [1.29, 1.82) is 0 Å². The van der Waals surface area contributed by atoms with Gasteiger partial charge in [-0.05, 0) is 24.5 Å². The molecule has 1 aliphatic rings. The Kier molecular flexibility index (Phi) is 3.52. The van der Waals surface area contributed by atoms with Gasteiger partial charge < -0.3 is 10.5 Å². The molecule has 0 radical (unpaired) electrons. The second-order valence-electron chi connectivity index (χ2n) is 4.84. The number of benzene rings is 1. The summed E-state index contributed by atoms with van der Waals surface area (Å²) in [6.45, 7) is 0.538. The highest BCUT2D eigenvalue weighted by Gasteiger charge is 2.35. The maximum absolute atomic E-state index is 11.0. The monoisotopic (exact) mass is 250 g/mol. The van der Waals surface area contributed by atoms with E-state index >= 15 is 0 Å². The lowest BCUT2D eigenvalue weighted by Gasteiger charge is -2.27. The van der Waals surface area contributed by atoms with E-state index in [-0.39, 0.29) is 11.1 Å². The summed E-state index contributed by atoms with van der Waals surface area (Å²) in [7, 11) is 1.44. The van der Waals surface area contributed by atoms with E-state index in [1.165, 1.54) is 7.11 Å². The van der Waals surface area contributed by atoms with Crippen LogP contribution < -0.4 is 10.5 Å². The zero-order chi connectivity index (χ0) is 13.2. The first-order valence-electron chi connectivity index (χ1n) is 6.16. The van der Waals surface area contributed by atoms with Crippen molar-refractivity contribution < 1.29 is 9.66 Å². The molecule has 0 heterocycles. The molecule has 1 aromatic rings. The Morgan fingerprint density at radius 3 is 2.61 bits per heavy atom. The number of hydrogen-bond donors (Lipinski definition) is 1. The summed E-state index contributed by atoms with van der Waals surface area (Å²) in [4.78, 5) is 10.6. The van der Waals surface area contributed by atoms with Gasteiger partial charge in [0.2, 0.25) is 0 Å². The molecule has 1 aliphatic carbocycles. The van der Waals surface area contributed by atoms with Gasteiger partial charge in [0.1, 0.15) is 0 Å². The molecule has 2 rings (SSSR count). The Bertz CT molecular complexity index is 454. The summed E-state index contributed by atoms with van der Waals surface area (Å²) in [5.41, 5.74) is 6.80. The van der Waals surface area contributed by atoms with Gasteiger partial charge in [-0.3, -0.25) is 10.1 Å². The molecule has 1 saturated carbocycles. The minimum Gasteiger partial charge on any atom is -0.490 e. The van der Waals surface area contributed by atoms with Crippen LogP contribution in [0.2, 0.25) is 0 Å². The lowest BCUT2D eigenvalue weighted by molar-refractivity contribution is -0.385. The first-order chi connectivity index (χ1) is 8.63. The van der Waals surface area contributed by atoms with Crippen molar-refractivity contribution in [3.63, 3.8) is 0 Å². The molecule has 1 aromatic carbocycles. The van der Waals surface area contributed by atoms with E-state index < -0.39 is 4.92 Å². The normalized spacial score (nSPS) is 17.7. The SMILES string of the molecule is COc1ccc(C2(CN)CCCC2)cc1[N+](=O)[O-]. The number of nitrogens with zero attached hydrogens (tertiary/aromatic N) is 1. The molecule has 0 unspecified atom stereocenters. The van der Waals surface area contributed by atoms with Gasteiger partial charge in [0.15, 0.2) is 5.75 Å². The molecule has 0 atom stereocenters. The zero-order valence-electron chi connectivity index (χ0n) is 10.5. The number of rotatable bonds is 4. The Morgan fingerprint density at radius 1 is 1.44 bits per heavy atom. The fraction of sp³-hybridized carbons (Fsp3) is 0.538. The maximum atomic E-state index is 11.0. The van der Waals surface area contributed by atoms with Crippen LogP contribution >= 0.6 is 0 Å². The Morgan fingerprint density at radius 2 is 2.11 bits per heavy atom. The van der Waals surface area contributed by atoms with Crippen LogP contribution in [0.15, 0.2) is 18.2 Å². The van der Waals surface area contributed by atoms with E-state index in [0.29, 0.717) is 12.3 Å². The summed E-state index contributed by atoms with van der Waals surface area (Å²) in [6.07, 6.45) is 4.29. The lowest BCUT2D eigenvalue weighted by atomic mass is 9.79. The van der Waals surface area contributed by atoms with Crippen LogP contribution in [0.4, 0.5) is 5.69 Å². The summed E-state index contributed by atoms with van der Waals surface area (Å²) in [5.74, 6) is 0.300. The predicted octanol–water partition coefficient (Wildman–Crippen LogP) is 2.37. The van der Waals surface area contributed by atoms with Crippen molar-refractivity contribution in [3.8, 4) is 5.75 Å². The van der Waals surface area contributed by atoms with Gasteiger partial charge in [-0.1, -0.05) is 18.9 Å². The van der Waals surface area contributed by atoms with E-state index in [2.05, 4.69) is 0 Å². The number of ether oxygens (including phenoxy) is 1. The third-order valence-electron chi connectivity index (χ3n) is 3.94. The van der Waals surface area contributed by atoms with Crippen LogP contribution in [0.5, 0.6) is 5.75 Å². The molecule has 0 bridgehead atoms. The number of nitro groups is 1. The Labute approximate surface area is 106 Å². The molecule has 1 fully saturated rings. The van der Waals surface area contributed by atoms with Gasteiger partial charge in [0, 0.05) is 18.0 Å². The molecule has 0 aromatic heterocycles. The number of nitro benzene ring substituents is 1. The van der Waals surface area contributed by atoms with Crippen molar-refractivity contribution in [3.05, 3.63) is 33.9 Å². The lowest BCUT2D eigenvalue weighted by Crippen LogP contribution is -2.32. The smallest absolute Gasteiger partial charge is 0.311 e. The average Bonchev–Trinajstić information content (AvgIpc) is 2.87. The van der Waals surface area contributed by atoms with E-state index in [1.54, 1.807) is 12.1 Å². The molecular formula is C13H18N2O3. The third kappa shape index (κ3) is 2.06. The standard InChI is InChI=1S/C13H18N2O3/c1-18-12-5-4-10(8-11(12)15(16)17)13(9-14)6-2-3-7-13/h4-5,8H,2-3,6-7,9,14H2,1H3. The van der Waals surface area contributed by atoms with Crippen LogP contribution in [-0.2, 0) is 5.41 Å². The first kappa shape index (κ1) is 12.8. The highest BCUT2D eigenvalue weighted by Crippen LogP contribution is 2.42. The topological polar surface area (TPSA) is 78.4 Å². The molecule has 2 N–H and O–H groups in total. The van der Waals surface area contributed by atoms with Gasteiger partial charge >= 0.3 is 5.69 Å². The van der Waals surface area contributed by atoms with Crippen LogP contribution in [0, 0.1) is 10.1 Å². The van der Waals surface area contributed by atoms with Gasteiger partial charge in [-0.15, -0.1) is 0 Å². The summed E-state index contributed by atoms with van der Waals surface area (Å²) >= 11 is 0. The number of hydrogen-bond acceptors (Lipinski definition) is 4. The van der Waals surface area contributed by atoms with Crippen LogP contribution in [0.3, 0.4) is 0 Å². The van der Waals surface area contributed by atoms with Gasteiger partial charge in [0.25, 0.3) is 0 Å². The molecule has 0 saturated heterocycles. The fourth-order valence-corrected chi connectivity index (χ4v) is 2.82. The average molecular weight is 250 g/mol. The molecule has 0 amide bonds. The van der Waals surface area contributed by atoms with E-state index in [9.17, 15) is 10.1 Å². The first-order valence-corrected chi connectivity index (χ1v) is 6.16. The van der Waals surface area contributed by atoms with Gasteiger partial charge in [-0.2, -0.15) is 0 Å². The van der Waals surface area contributed by atoms with E-state index in [4.69, 9.17) is 10.5 Å². The third-order valence-corrected chi connectivity index (χ3v) is 3.94. The largest absolute Gasteiger partial charge is 0.490 e. The molecule has 0 aliphatic heterocycles. The van der Waals surface area contributed by atoms with E-state index in [1.807, 2.05) is 6.07 Å². The Balaban J connectivity index is 2.46. The van der Waals surface area contributed by atoms with Gasteiger partial charge in [0.05, 0.1) is 12.0 Å². The minimum atomic E-state index is -0.401. The number of methoxy groups -OCH3 is 1. The molecule has 5 nitrogen and oxygen atoms in total. The van der Waals surface area contributed by atoms with Crippen LogP contribution in [0.1, 0.15) is 31.2 Å². The molecule has 5 heteroatoms. The molecule has 18 heavy (non-hydrogen) atoms. The highest BCUT2D eigenvalue weighted by molar-refractivity contribution is 5.50. The van der Waals surface area contributed by atoms with Crippen molar-refractivity contribution in [1.82, 2.24) is 0 Å². The highest BCUT2D eigenvalue weighted by atomic mass is 16.6. The maximum Gasteiger partial charge on any atom is 0.311 e. The van der Waals surface area contributed by atoms with Crippen LogP contribution in [0.25, 0.3) is 0 Å². The molecule has 0 spiro atoms. The quantitative estimate of drug-likeness (QED) is 0.657. The van der Waals surface area contributed by atoms with Crippen molar-refractivity contribution in [2.45, 2.75) is 31.1 Å². The van der Waals surface area contributed by atoms with E-state index in [0.717, 1.165) is 31.2 Å². The van der Waals surface area contributed by atoms with Gasteiger partial charge in [-0.25, -0.2) is 0 Å². The second-order valence-corrected chi connectivity index (χ2v) is 4.84. The van der Waals surface area contributed by atoms with Crippen molar-refractivity contribution >= 4 is 5.69 Å². The second kappa shape index (κ2) is 4.94. The Hall–Kier alpha value is -1.62. The van der Waals surface area contributed by atoms with Crippen molar-refractivity contribution in [2.24, 2.45) is 5.73 Å². The summed E-state index contributed by atoms with van der Waals surface area (Å²) < 4.78 is 5.02. The molecular weight excluding hydrogens is 232 g/mol.